The number of esters is 1. The minimum atomic E-state index is -0.801. The lowest BCUT2D eigenvalue weighted by molar-refractivity contribution is -0.151. The van der Waals surface area contributed by atoms with Crippen molar-refractivity contribution in [2.45, 2.75) is 264 Å². The van der Waals surface area contributed by atoms with E-state index in [1.54, 1.807) is 0 Å². The zero-order valence-corrected chi connectivity index (χ0v) is 39.6. The van der Waals surface area contributed by atoms with Gasteiger partial charge in [-0.2, -0.15) is 0 Å². The summed E-state index contributed by atoms with van der Waals surface area (Å²) in [4.78, 5) is 26.1. The molecule has 0 aromatic heterocycles. The van der Waals surface area contributed by atoms with Crippen molar-refractivity contribution in [3.63, 3.8) is 0 Å². The molecule has 6 nitrogen and oxygen atoms in total. The van der Waals surface area contributed by atoms with Crippen molar-refractivity contribution >= 4 is 11.9 Å². The summed E-state index contributed by atoms with van der Waals surface area (Å²) in [6.07, 6.45) is 58.5. The fourth-order valence-electron chi connectivity index (χ4n) is 7.55. The summed E-state index contributed by atoms with van der Waals surface area (Å²) in [6, 6.07) is -0.717. The van der Waals surface area contributed by atoms with Gasteiger partial charge in [-0.3, -0.25) is 9.59 Å². The average Bonchev–Trinajstić information content (AvgIpc) is 3.24. The van der Waals surface area contributed by atoms with Gasteiger partial charge < -0.3 is 20.3 Å². The lowest BCUT2D eigenvalue weighted by atomic mass is 10.0. The zero-order chi connectivity index (χ0) is 43.8. The normalized spacial score (nSPS) is 13.8. The van der Waals surface area contributed by atoms with Gasteiger partial charge >= 0.3 is 5.97 Å². The number of rotatable bonds is 45. The van der Waals surface area contributed by atoms with E-state index in [1.165, 1.54) is 122 Å². The Morgan fingerprint density at radius 1 is 0.500 bits per heavy atom. The first-order chi connectivity index (χ1) is 29.5. The third kappa shape index (κ3) is 42.3. The van der Waals surface area contributed by atoms with Crippen LogP contribution in [0.5, 0.6) is 0 Å². The zero-order valence-electron chi connectivity index (χ0n) is 39.6. The predicted molar refractivity (Wildman–Crippen MR) is 259 cm³/mol. The maximum absolute atomic E-state index is 13.2. The van der Waals surface area contributed by atoms with E-state index in [1.807, 2.05) is 24.3 Å². The van der Waals surface area contributed by atoms with E-state index < -0.39 is 18.2 Å². The van der Waals surface area contributed by atoms with Gasteiger partial charge in [-0.1, -0.05) is 223 Å². The number of carbonyl (C=O) groups excluding carboxylic acids is 2. The number of amides is 1. The maximum Gasteiger partial charge on any atom is 0.306 e. The number of hydrogen-bond acceptors (Lipinski definition) is 5. The van der Waals surface area contributed by atoms with Gasteiger partial charge in [0.1, 0.15) is 6.10 Å². The Bertz CT molecular complexity index is 1080. The number of carbonyl (C=O) groups is 2. The SMILES string of the molecule is CC/C=C/C=C/C=C/C=C\CCCCCC(CC(=O)NC(CO)C(O)CCCCCCCCCCCCCCCCCC)OC(=O)CCCCCCC/C=C\CCCCC. The van der Waals surface area contributed by atoms with Crippen LogP contribution in [0.1, 0.15) is 245 Å². The van der Waals surface area contributed by atoms with E-state index in [2.05, 4.69) is 62.5 Å². The topological polar surface area (TPSA) is 95.9 Å². The molecule has 0 bridgehead atoms. The number of aliphatic hydroxyl groups excluding tert-OH is 2. The Morgan fingerprint density at radius 2 is 0.917 bits per heavy atom. The highest BCUT2D eigenvalue weighted by molar-refractivity contribution is 5.77. The first-order valence-corrected chi connectivity index (χ1v) is 25.6. The Labute approximate surface area is 371 Å². The molecule has 0 radical (unpaired) electrons. The van der Waals surface area contributed by atoms with Gasteiger partial charge in [0.2, 0.25) is 5.91 Å². The molecule has 0 heterocycles. The van der Waals surface area contributed by atoms with Crippen molar-refractivity contribution in [2.24, 2.45) is 0 Å². The second-order valence-corrected chi connectivity index (χ2v) is 17.3. The molecule has 348 valence electrons. The molecule has 3 N–H and O–H groups in total. The van der Waals surface area contributed by atoms with Crippen molar-refractivity contribution < 1.29 is 24.5 Å². The highest BCUT2D eigenvalue weighted by Gasteiger charge is 2.24. The summed E-state index contributed by atoms with van der Waals surface area (Å²) in [5, 5.41) is 23.8. The Hall–Kier alpha value is -2.44. The molecule has 0 aliphatic rings. The molecule has 0 saturated heterocycles. The molecule has 60 heavy (non-hydrogen) atoms. The lowest BCUT2D eigenvalue weighted by Crippen LogP contribution is -2.46. The van der Waals surface area contributed by atoms with Gasteiger partial charge in [0.05, 0.1) is 25.2 Å². The van der Waals surface area contributed by atoms with E-state index in [9.17, 15) is 19.8 Å². The van der Waals surface area contributed by atoms with Gasteiger partial charge in [-0.05, 0) is 70.6 Å². The van der Waals surface area contributed by atoms with Crippen LogP contribution >= 0.6 is 0 Å². The minimum Gasteiger partial charge on any atom is -0.462 e. The van der Waals surface area contributed by atoms with Crippen LogP contribution in [0.3, 0.4) is 0 Å². The van der Waals surface area contributed by atoms with Crippen LogP contribution < -0.4 is 5.32 Å². The quantitative estimate of drug-likeness (QED) is 0.0246. The molecule has 0 aliphatic carbocycles. The predicted octanol–water partition coefficient (Wildman–Crippen LogP) is 15.2. The standard InChI is InChI=1S/C54H97NO5/c1-4-7-10-13-16-19-22-25-26-27-29-31-34-37-40-43-46-52(57)51(49-56)55-53(58)48-50(45-42-39-36-33-30-28-23-20-17-14-11-8-5-2)60-54(59)47-44-41-38-35-32-24-21-18-15-12-9-6-3/h8,11,14,17-18,20-21,23,28,30,50-52,56-57H,4-7,9-10,12-13,15-16,19,22,24-27,29,31-49H2,1-3H3,(H,55,58)/b11-8+,17-14+,21-18-,23-20+,30-28-. The lowest BCUT2D eigenvalue weighted by Gasteiger charge is -2.24. The van der Waals surface area contributed by atoms with Crippen molar-refractivity contribution in [3.8, 4) is 0 Å². The van der Waals surface area contributed by atoms with E-state index in [0.717, 1.165) is 77.0 Å². The van der Waals surface area contributed by atoms with Crippen molar-refractivity contribution in [1.82, 2.24) is 5.32 Å². The van der Waals surface area contributed by atoms with Gasteiger partial charge in [-0.15, -0.1) is 0 Å². The first-order valence-electron chi connectivity index (χ1n) is 25.6. The van der Waals surface area contributed by atoms with Crippen molar-refractivity contribution in [1.29, 1.82) is 0 Å². The number of unbranched alkanes of at least 4 members (excludes halogenated alkanes) is 26. The van der Waals surface area contributed by atoms with E-state index in [4.69, 9.17) is 4.74 Å². The number of ether oxygens (including phenoxy) is 1. The van der Waals surface area contributed by atoms with E-state index in [0.29, 0.717) is 19.3 Å². The smallest absolute Gasteiger partial charge is 0.306 e. The molecule has 3 atom stereocenters. The highest BCUT2D eigenvalue weighted by atomic mass is 16.5. The third-order valence-corrected chi connectivity index (χ3v) is 11.4. The van der Waals surface area contributed by atoms with Gasteiger partial charge in [-0.25, -0.2) is 0 Å². The molecule has 0 aliphatic heterocycles. The second kappa shape index (κ2) is 47.6. The van der Waals surface area contributed by atoms with Gasteiger partial charge in [0, 0.05) is 6.42 Å². The van der Waals surface area contributed by atoms with Crippen LogP contribution in [0.25, 0.3) is 0 Å². The molecule has 0 saturated carbocycles. The van der Waals surface area contributed by atoms with Crippen LogP contribution in [0, 0.1) is 0 Å². The second-order valence-electron chi connectivity index (χ2n) is 17.3. The van der Waals surface area contributed by atoms with Gasteiger partial charge in [0.25, 0.3) is 0 Å². The molecule has 0 aromatic rings. The highest BCUT2D eigenvalue weighted by Crippen LogP contribution is 2.17. The summed E-state index contributed by atoms with van der Waals surface area (Å²) in [5.41, 5.74) is 0. The fraction of sp³-hybridized carbons (Fsp3) is 0.778. The molecule has 0 aromatic carbocycles. The van der Waals surface area contributed by atoms with Crippen LogP contribution in [0.2, 0.25) is 0 Å². The largest absolute Gasteiger partial charge is 0.462 e. The van der Waals surface area contributed by atoms with Gasteiger partial charge in [0.15, 0.2) is 0 Å². The van der Waals surface area contributed by atoms with Crippen LogP contribution in [0.15, 0.2) is 60.8 Å². The Kier molecular flexibility index (Phi) is 45.7. The Balaban J connectivity index is 4.59. The van der Waals surface area contributed by atoms with Crippen LogP contribution in [-0.4, -0.2) is 46.9 Å². The summed E-state index contributed by atoms with van der Waals surface area (Å²) in [6.45, 7) is 6.31. The molecule has 3 unspecified atom stereocenters. The number of aliphatic hydroxyl groups is 2. The summed E-state index contributed by atoms with van der Waals surface area (Å²) in [5.74, 6) is -0.523. The molecule has 1 amide bonds. The Morgan fingerprint density at radius 3 is 1.47 bits per heavy atom. The minimum absolute atomic E-state index is 0.0473. The molecular weight excluding hydrogens is 743 g/mol. The molecule has 0 spiro atoms. The summed E-state index contributed by atoms with van der Waals surface area (Å²) >= 11 is 0. The average molecular weight is 840 g/mol. The summed E-state index contributed by atoms with van der Waals surface area (Å²) in [7, 11) is 0. The van der Waals surface area contributed by atoms with Crippen molar-refractivity contribution in [2.75, 3.05) is 6.61 Å². The number of allylic oxidation sites excluding steroid dienone is 10. The number of hydrogen-bond donors (Lipinski definition) is 3. The maximum atomic E-state index is 13.2. The number of nitrogens with one attached hydrogen (secondary N) is 1. The van der Waals surface area contributed by atoms with Crippen LogP contribution in [0.4, 0.5) is 0 Å². The van der Waals surface area contributed by atoms with E-state index in [-0.39, 0.29) is 24.9 Å². The van der Waals surface area contributed by atoms with Crippen LogP contribution in [-0.2, 0) is 14.3 Å². The monoisotopic (exact) mass is 840 g/mol. The van der Waals surface area contributed by atoms with E-state index >= 15 is 0 Å². The summed E-state index contributed by atoms with van der Waals surface area (Å²) < 4.78 is 5.90. The molecule has 0 rings (SSSR count). The molecule has 6 heteroatoms. The first kappa shape index (κ1) is 57.6. The molecule has 0 fully saturated rings. The third-order valence-electron chi connectivity index (χ3n) is 11.4. The molecular formula is C54H97NO5. The van der Waals surface area contributed by atoms with Crippen molar-refractivity contribution in [3.05, 3.63) is 60.8 Å². The fourth-order valence-corrected chi connectivity index (χ4v) is 7.55.